The molecule has 1 aromatic rings. The number of nitrogens with one attached hydrogen (secondary N) is 1. The van der Waals surface area contributed by atoms with Gasteiger partial charge >= 0.3 is 0 Å². The predicted molar refractivity (Wildman–Crippen MR) is 70.9 cm³/mol. The maximum absolute atomic E-state index is 4.57. The topological polar surface area (TPSA) is 28.2 Å². The van der Waals surface area contributed by atoms with E-state index in [4.69, 9.17) is 0 Å². The van der Waals surface area contributed by atoms with Gasteiger partial charge in [0.05, 0.1) is 5.69 Å². The van der Waals surface area contributed by atoms with Crippen molar-refractivity contribution in [3.8, 4) is 0 Å². The number of aromatic nitrogens is 1. The van der Waals surface area contributed by atoms with Crippen LogP contribution in [0.4, 0.5) is 0 Å². The SMILES string of the molecule is CNCC1(C)CCN(Cc2cccc(C)n2)C1. The van der Waals surface area contributed by atoms with Crippen LogP contribution in [0.25, 0.3) is 0 Å². The Morgan fingerprint density at radius 2 is 2.29 bits per heavy atom. The molecule has 1 aromatic heterocycles. The highest BCUT2D eigenvalue weighted by Crippen LogP contribution is 2.29. The molecular formula is C14H23N3. The average molecular weight is 233 g/mol. The number of likely N-dealkylation sites (tertiary alicyclic amines) is 1. The maximum atomic E-state index is 4.57. The predicted octanol–water partition coefficient (Wildman–Crippen LogP) is 1.82. The van der Waals surface area contributed by atoms with Crippen LogP contribution in [0, 0.1) is 12.3 Å². The molecule has 0 bridgehead atoms. The molecular weight excluding hydrogens is 210 g/mol. The molecule has 1 aliphatic heterocycles. The maximum Gasteiger partial charge on any atom is 0.0547 e. The fourth-order valence-electron chi connectivity index (χ4n) is 2.75. The van der Waals surface area contributed by atoms with E-state index in [0.29, 0.717) is 5.41 Å². The van der Waals surface area contributed by atoms with Gasteiger partial charge in [0.2, 0.25) is 0 Å². The number of hydrogen-bond donors (Lipinski definition) is 1. The van der Waals surface area contributed by atoms with Crippen LogP contribution in [-0.4, -0.2) is 36.6 Å². The van der Waals surface area contributed by atoms with Crippen molar-refractivity contribution in [3.63, 3.8) is 0 Å². The molecule has 0 aliphatic carbocycles. The zero-order valence-corrected chi connectivity index (χ0v) is 11.2. The van der Waals surface area contributed by atoms with Gasteiger partial charge in [0.25, 0.3) is 0 Å². The summed E-state index contributed by atoms with van der Waals surface area (Å²) in [7, 11) is 2.04. The van der Waals surface area contributed by atoms with Gasteiger partial charge in [-0.25, -0.2) is 0 Å². The van der Waals surface area contributed by atoms with Crippen LogP contribution in [0.2, 0.25) is 0 Å². The van der Waals surface area contributed by atoms with E-state index in [1.54, 1.807) is 0 Å². The number of rotatable bonds is 4. The smallest absolute Gasteiger partial charge is 0.0547 e. The van der Waals surface area contributed by atoms with E-state index >= 15 is 0 Å². The van der Waals surface area contributed by atoms with Gasteiger partial charge in [-0.15, -0.1) is 0 Å². The number of aryl methyl sites for hydroxylation is 1. The average Bonchev–Trinajstić information content (AvgIpc) is 2.60. The molecule has 0 aromatic carbocycles. The minimum atomic E-state index is 0.429. The third-order valence-corrected chi connectivity index (χ3v) is 3.57. The lowest BCUT2D eigenvalue weighted by Crippen LogP contribution is -2.33. The Bertz CT molecular complexity index is 377. The lowest BCUT2D eigenvalue weighted by atomic mass is 9.90. The van der Waals surface area contributed by atoms with Crippen LogP contribution in [0.3, 0.4) is 0 Å². The summed E-state index contributed by atoms with van der Waals surface area (Å²) in [6.07, 6.45) is 1.28. The molecule has 94 valence electrons. The van der Waals surface area contributed by atoms with Crippen molar-refractivity contribution in [3.05, 3.63) is 29.6 Å². The summed E-state index contributed by atoms with van der Waals surface area (Å²) >= 11 is 0. The first-order valence-electron chi connectivity index (χ1n) is 6.41. The van der Waals surface area contributed by atoms with Crippen molar-refractivity contribution in [1.29, 1.82) is 0 Å². The first-order chi connectivity index (χ1) is 8.11. The van der Waals surface area contributed by atoms with Gasteiger partial charge in [-0.3, -0.25) is 9.88 Å². The highest BCUT2D eigenvalue weighted by atomic mass is 15.2. The lowest BCUT2D eigenvalue weighted by molar-refractivity contribution is 0.263. The van der Waals surface area contributed by atoms with Gasteiger partial charge in [0, 0.05) is 25.3 Å². The van der Waals surface area contributed by atoms with Gasteiger partial charge in [0.1, 0.15) is 0 Å². The summed E-state index contributed by atoms with van der Waals surface area (Å²) in [5, 5.41) is 3.30. The van der Waals surface area contributed by atoms with Crippen molar-refractivity contribution < 1.29 is 0 Å². The molecule has 1 atom stereocenters. The van der Waals surface area contributed by atoms with Gasteiger partial charge in [-0.2, -0.15) is 0 Å². The fraction of sp³-hybridized carbons (Fsp3) is 0.643. The second-order valence-corrected chi connectivity index (χ2v) is 5.57. The minimum absolute atomic E-state index is 0.429. The molecule has 3 heteroatoms. The Kier molecular flexibility index (Phi) is 3.79. The molecule has 0 spiro atoms. The Hall–Kier alpha value is -0.930. The van der Waals surface area contributed by atoms with Crippen molar-refractivity contribution in [2.45, 2.75) is 26.8 Å². The van der Waals surface area contributed by atoms with Gasteiger partial charge in [-0.1, -0.05) is 13.0 Å². The summed E-state index contributed by atoms with van der Waals surface area (Å²) in [5.74, 6) is 0. The van der Waals surface area contributed by atoms with E-state index in [9.17, 15) is 0 Å². The molecule has 1 unspecified atom stereocenters. The van der Waals surface area contributed by atoms with E-state index < -0.39 is 0 Å². The summed E-state index contributed by atoms with van der Waals surface area (Å²) in [6.45, 7) is 8.87. The molecule has 2 heterocycles. The molecule has 2 rings (SSSR count). The molecule has 17 heavy (non-hydrogen) atoms. The Morgan fingerprint density at radius 3 is 3.00 bits per heavy atom. The monoisotopic (exact) mass is 233 g/mol. The van der Waals surface area contributed by atoms with E-state index in [1.165, 1.54) is 25.2 Å². The van der Waals surface area contributed by atoms with E-state index in [-0.39, 0.29) is 0 Å². The Balaban J connectivity index is 1.94. The van der Waals surface area contributed by atoms with Crippen LogP contribution >= 0.6 is 0 Å². The molecule has 3 nitrogen and oxygen atoms in total. The van der Waals surface area contributed by atoms with Crippen molar-refractivity contribution in [2.24, 2.45) is 5.41 Å². The summed E-state index contributed by atoms with van der Waals surface area (Å²) in [5.41, 5.74) is 2.73. The summed E-state index contributed by atoms with van der Waals surface area (Å²) < 4.78 is 0. The summed E-state index contributed by atoms with van der Waals surface area (Å²) in [6, 6.07) is 6.28. The quantitative estimate of drug-likeness (QED) is 0.860. The minimum Gasteiger partial charge on any atom is -0.319 e. The molecule has 1 fully saturated rings. The van der Waals surface area contributed by atoms with Crippen LogP contribution in [0.5, 0.6) is 0 Å². The van der Waals surface area contributed by atoms with Crippen LogP contribution < -0.4 is 5.32 Å². The van der Waals surface area contributed by atoms with Crippen LogP contribution in [-0.2, 0) is 6.54 Å². The largest absolute Gasteiger partial charge is 0.319 e. The van der Waals surface area contributed by atoms with E-state index in [2.05, 4.69) is 47.2 Å². The number of pyridine rings is 1. The third-order valence-electron chi connectivity index (χ3n) is 3.57. The van der Waals surface area contributed by atoms with Gasteiger partial charge in [0.15, 0.2) is 0 Å². The highest BCUT2D eigenvalue weighted by molar-refractivity contribution is 5.10. The fourth-order valence-corrected chi connectivity index (χ4v) is 2.75. The zero-order valence-electron chi connectivity index (χ0n) is 11.2. The number of hydrogen-bond acceptors (Lipinski definition) is 3. The summed E-state index contributed by atoms with van der Waals surface area (Å²) in [4.78, 5) is 7.09. The first kappa shape index (κ1) is 12.5. The molecule has 0 saturated carbocycles. The lowest BCUT2D eigenvalue weighted by Gasteiger charge is -2.24. The molecule has 1 aliphatic rings. The number of nitrogens with zero attached hydrogens (tertiary/aromatic N) is 2. The highest BCUT2D eigenvalue weighted by Gasteiger charge is 2.32. The second kappa shape index (κ2) is 5.15. The van der Waals surface area contributed by atoms with E-state index in [1.807, 2.05) is 7.05 Å². The van der Waals surface area contributed by atoms with Gasteiger partial charge in [-0.05, 0) is 44.5 Å². The molecule has 0 amide bonds. The zero-order chi connectivity index (χ0) is 12.3. The first-order valence-corrected chi connectivity index (χ1v) is 6.41. The van der Waals surface area contributed by atoms with Crippen LogP contribution in [0.15, 0.2) is 18.2 Å². The van der Waals surface area contributed by atoms with Crippen molar-refractivity contribution in [2.75, 3.05) is 26.7 Å². The molecule has 1 N–H and O–H groups in total. The van der Waals surface area contributed by atoms with E-state index in [0.717, 1.165) is 18.8 Å². The molecule has 0 radical (unpaired) electrons. The Morgan fingerprint density at radius 1 is 1.47 bits per heavy atom. The van der Waals surface area contributed by atoms with Gasteiger partial charge < -0.3 is 5.32 Å². The standard InChI is InChI=1S/C14H23N3/c1-12-5-4-6-13(16-12)9-17-8-7-14(2,11-17)10-15-3/h4-6,15H,7-11H2,1-3H3. The van der Waals surface area contributed by atoms with Crippen molar-refractivity contribution >= 4 is 0 Å². The van der Waals surface area contributed by atoms with Crippen molar-refractivity contribution in [1.82, 2.24) is 15.2 Å². The molecule has 1 saturated heterocycles. The normalized spacial score (nSPS) is 25.4. The Labute approximate surface area is 104 Å². The van der Waals surface area contributed by atoms with Crippen LogP contribution in [0.1, 0.15) is 24.7 Å². The third kappa shape index (κ3) is 3.27. The second-order valence-electron chi connectivity index (χ2n) is 5.57.